The Morgan fingerprint density at radius 3 is 2.70 bits per heavy atom. The topological polar surface area (TPSA) is 69.6 Å². The molecule has 5 nitrogen and oxygen atoms in total. The third-order valence-corrected chi connectivity index (χ3v) is 3.26. The first-order valence-corrected chi connectivity index (χ1v) is 6.72. The molecule has 0 aliphatic heterocycles. The summed E-state index contributed by atoms with van der Waals surface area (Å²) in [6.07, 6.45) is 4.72. The molecule has 2 N–H and O–H groups in total. The van der Waals surface area contributed by atoms with Crippen LogP contribution in [0, 0.1) is 0 Å². The molecule has 0 spiro atoms. The highest BCUT2D eigenvalue weighted by Gasteiger charge is 2.08. The van der Waals surface area contributed by atoms with Crippen molar-refractivity contribution in [2.75, 3.05) is 5.73 Å². The molecule has 3 aromatic rings. The molecule has 0 unspecified atom stereocenters. The Balaban J connectivity index is 1.71. The minimum atomic E-state index is 0.463. The van der Waals surface area contributed by atoms with Crippen molar-refractivity contribution < 1.29 is 0 Å². The van der Waals surface area contributed by atoms with Crippen LogP contribution in [0.5, 0.6) is 0 Å². The number of nitrogen functional groups attached to an aromatic ring is 1. The van der Waals surface area contributed by atoms with Crippen LogP contribution in [0.15, 0.2) is 36.5 Å². The Morgan fingerprint density at radius 1 is 1.10 bits per heavy atom. The second-order valence-corrected chi connectivity index (χ2v) is 4.90. The van der Waals surface area contributed by atoms with Crippen LogP contribution in [0.2, 0.25) is 0 Å². The molecule has 0 saturated carbocycles. The van der Waals surface area contributed by atoms with E-state index in [9.17, 15) is 0 Å². The molecule has 0 fully saturated rings. The molecule has 0 aliphatic carbocycles. The second kappa shape index (κ2) is 5.28. The third kappa shape index (κ3) is 2.61. The number of nitrogens with two attached hydrogens (primary N) is 1. The number of fused-ring (bicyclic) bond motifs is 1. The molecule has 2 aromatic heterocycles. The Morgan fingerprint density at radius 2 is 1.90 bits per heavy atom. The Labute approximate surface area is 117 Å². The van der Waals surface area contributed by atoms with E-state index in [-0.39, 0.29) is 0 Å². The van der Waals surface area contributed by atoms with Gasteiger partial charge in [0.1, 0.15) is 11.3 Å². The molecule has 0 saturated heterocycles. The summed E-state index contributed by atoms with van der Waals surface area (Å²) in [6, 6.07) is 10.4. The Hall–Kier alpha value is -2.43. The van der Waals surface area contributed by atoms with E-state index in [0.717, 1.165) is 30.6 Å². The van der Waals surface area contributed by atoms with Gasteiger partial charge in [0.2, 0.25) is 0 Å². The van der Waals surface area contributed by atoms with Gasteiger partial charge in [-0.25, -0.2) is 9.97 Å². The van der Waals surface area contributed by atoms with E-state index in [1.807, 2.05) is 19.3 Å². The van der Waals surface area contributed by atoms with Gasteiger partial charge in [-0.15, -0.1) is 0 Å². The predicted molar refractivity (Wildman–Crippen MR) is 79.2 cm³/mol. The molecule has 0 atom stereocenters. The van der Waals surface area contributed by atoms with Crippen molar-refractivity contribution in [2.24, 2.45) is 7.05 Å². The molecular formula is C15H17N5. The quantitative estimate of drug-likeness (QED) is 0.786. The van der Waals surface area contributed by atoms with Crippen molar-refractivity contribution in [3.8, 4) is 0 Å². The summed E-state index contributed by atoms with van der Waals surface area (Å²) in [5.74, 6) is 1.25. The van der Waals surface area contributed by atoms with Gasteiger partial charge in [0.25, 0.3) is 0 Å². The lowest BCUT2D eigenvalue weighted by Gasteiger charge is -2.02. The van der Waals surface area contributed by atoms with Crippen molar-refractivity contribution in [3.05, 3.63) is 47.9 Å². The van der Waals surface area contributed by atoms with Gasteiger partial charge >= 0.3 is 0 Å². The summed E-state index contributed by atoms with van der Waals surface area (Å²) in [7, 11) is 1.86. The summed E-state index contributed by atoms with van der Waals surface area (Å²) < 4.78 is 1.71. The van der Waals surface area contributed by atoms with Crippen LogP contribution in [0.1, 0.15) is 17.8 Å². The second-order valence-electron chi connectivity index (χ2n) is 4.90. The summed E-state index contributed by atoms with van der Waals surface area (Å²) in [5.41, 5.74) is 8.76. The SMILES string of the molecule is Cn1cc2nc(CCCc3ccccc3)nc(N)c2n1. The third-order valence-electron chi connectivity index (χ3n) is 3.26. The molecule has 0 radical (unpaired) electrons. The highest BCUT2D eigenvalue weighted by atomic mass is 15.3. The van der Waals surface area contributed by atoms with Crippen molar-refractivity contribution in [1.29, 1.82) is 0 Å². The minimum absolute atomic E-state index is 0.463. The minimum Gasteiger partial charge on any atom is -0.382 e. The molecule has 2 heterocycles. The van der Waals surface area contributed by atoms with E-state index < -0.39 is 0 Å². The number of aryl methyl sites for hydroxylation is 3. The molecule has 1 aromatic carbocycles. The average Bonchev–Trinajstić information content (AvgIpc) is 2.81. The molecule has 3 rings (SSSR count). The van der Waals surface area contributed by atoms with Gasteiger partial charge < -0.3 is 5.73 Å². The fourth-order valence-electron chi connectivity index (χ4n) is 2.30. The number of hydrogen-bond donors (Lipinski definition) is 1. The van der Waals surface area contributed by atoms with Crippen LogP contribution >= 0.6 is 0 Å². The van der Waals surface area contributed by atoms with Crippen LogP contribution in [0.4, 0.5) is 5.82 Å². The molecule has 0 bridgehead atoms. The van der Waals surface area contributed by atoms with Gasteiger partial charge in [-0.3, -0.25) is 4.68 Å². The van der Waals surface area contributed by atoms with Gasteiger partial charge in [-0.2, -0.15) is 5.10 Å². The van der Waals surface area contributed by atoms with Gasteiger partial charge in [0.15, 0.2) is 11.3 Å². The Bertz CT molecular complexity index is 718. The van der Waals surface area contributed by atoms with E-state index in [1.54, 1.807) is 4.68 Å². The number of benzene rings is 1. The summed E-state index contributed by atoms with van der Waals surface area (Å²) >= 11 is 0. The molecular weight excluding hydrogens is 250 g/mol. The first-order chi connectivity index (χ1) is 9.72. The lowest BCUT2D eigenvalue weighted by Crippen LogP contribution is -2.01. The van der Waals surface area contributed by atoms with E-state index in [0.29, 0.717) is 11.3 Å². The van der Waals surface area contributed by atoms with Crippen LogP contribution in [0.3, 0.4) is 0 Å². The van der Waals surface area contributed by atoms with E-state index >= 15 is 0 Å². The maximum absolute atomic E-state index is 5.93. The number of anilines is 1. The fraction of sp³-hybridized carbons (Fsp3) is 0.267. The first kappa shape index (κ1) is 12.6. The van der Waals surface area contributed by atoms with Gasteiger partial charge in [0.05, 0.1) is 6.20 Å². The van der Waals surface area contributed by atoms with Crippen molar-refractivity contribution in [2.45, 2.75) is 19.3 Å². The lowest BCUT2D eigenvalue weighted by molar-refractivity contribution is 0.777. The van der Waals surface area contributed by atoms with Crippen LogP contribution < -0.4 is 5.73 Å². The number of nitrogens with zero attached hydrogens (tertiary/aromatic N) is 4. The zero-order valence-corrected chi connectivity index (χ0v) is 11.5. The van der Waals surface area contributed by atoms with E-state index in [1.165, 1.54) is 5.56 Å². The summed E-state index contributed by atoms with van der Waals surface area (Å²) in [4.78, 5) is 8.85. The average molecular weight is 267 g/mol. The predicted octanol–water partition coefficient (Wildman–Crippen LogP) is 2.12. The maximum Gasteiger partial charge on any atom is 0.155 e. The van der Waals surface area contributed by atoms with Gasteiger partial charge in [-0.1, -0.05) is 30.3 Å². The van der Waals surface area contributed by atoms with Crippen molar-refractivity contribution in [3.63, 3.8) is 0 Å². The standard InChI is InChI=1S/C15H17N5/c1-20-10-12-14(19-20)15(16)18-13(17-12)9-5-8-11-6-3-2-4-7-11/h2-4,6-7,10H,5,8-9H2,1H3,(H2,16,17,18). The lowest BCUT2D eigenvalue weighted by atomic mass is 10.1. The Kier molecular flexibility index (Phi) is 3.33. The monoisotopic (exact) mass is 267 g/mol. The van der Waals surface area contributed by atoms with Crippen molar-refractivity contribution >= 4 is 16.9 Å². The molecule has 0 amide bonds. The highest BCUT2D eigenvalue weighted by Crippen LogP contribution is 2.16. The number of aromatic nitrogens is 4. The highest BCUT2D eigenvalue weighted by molar-refractivity contribution is 5.83. The van der Waals surface area contributed by atoms with Crippen LogP contribution in [0.25, 0.3) is 11.0 Å². The normalized spacial score (nSPS) is 11.1. The van der Waals surface area contributed by atoms with Gasteiger partial charge in [-0.05, 0) is 18.4 Å². The molecule has 5 heteroatoms. The van der Waals surface area contributed by atoms with Gasteiger partial charge in [0, 0.05) is 13.5 Å². The summed E-state index contributed by atoms with van der Waals surface area (Å²) in [5, 5.41) is 4.25. The number of rotatable bonds is 4. The summed E-state index contributed by atoms with van der Waals surface area (Å²) in [6.45, 7) is 0. The molecule has 102 valence electrons. The van der Waals surface area contributed by atoms with E-state index in [2.05, 4.69) is 39.3 Å². The number of hydrogen-bond acceptors (Lipinski definition) is 4. The molecule has 20 heavy (non-hydrogen) atoms. The largest absolute Gasteiger partial charge is 0.382 e. The van der Waals surface area contributed by atoms with E-state index in [4.69, 9.17) is 5.73 Å². The molecule has 0 aliphatic rings. The zero-order chi connectivity index (χ0) is 13.9. The fourth-order valence-corrected chi connectivity index (χ4v) is 2.30. The zero-order valence-electron chi connectivity index (χ0n) is 11.5. The first-order valence-electron chi connectivity index (χ1n) is 6.72. The smallest absolute Gasteiger partial charge is 0.155 e. The maximum atomic E-state index is 5.93. The van der Waals surface area contributed by atoms with Crippen LogP contribution in [-0.2, 0) is 19.9 Å². The van der Waals surface area contributed by atoms with Crippen LogP contribution in [-0.4, -0.2) is 19.7 Å². The van der Waals surface area contributed by atoms with Crippen molar-refractivity contribution in [1.82, 2.24) is 19.7 Å².